The second-order valence-corrected chi connectivity index (χ2v) is 8.87. The molecule has 0 aliphatic heterocycles. The SMILES string of the molecule is CCCCCCCCCCCCCCCCCCNC(CCC(=O)O)C(C)NC. The Morgan fingerprint density at radius 2 is 1.17 bits per heavy atom. The van der Waals surface area contributed by atoms with Gasteiger partial charge in [0.25, 0.3) is 0 Å². The first-order valence-electron chi connectivity index (χ1n) is 12.7. The smallest absolute Gasteiger partial charge is 0.303 e. The van der Waals surface area contributed by atoms with Gasteiger partial charge in [0, 0.05) is 18.5 Å². The topological polar surface area (TPSA) is 61.4 Å². The van der Waals surface area contributed by atoms with Crippen LogP contribution in [0.3, 0.4) is 0 Å². The number of hydrogen-bond donors (Lipinski definition) is 3. The van der Waals surface area contributed by atoms with Crippen molar-refractivity contribution in [3.63, 3.8) is 0 Å². The summed E-state index contributed by atoms with van der Waals surface area (Å²) in [5, 5.41) is 15.7. The average molecular weight is 413 g/mol. The fraction of sp³-hybridized carbons (Fsp3) is 0.960. The van der Waals surface area contributed by atoms with Gasteiger partial charge in [-0.3, -0.25) is 4.79 Å². The van der Waals surface area contributed by atoms with E-state index in [0.717, 1.165) is 6.54 Å². The van der Waals surface area contributed by atoms with Crippen molar-refractivity contribution in [2.45, 2.75) is 142 Å². The number of unbranched alkanes of at least 4 members (excludes halogenated alkanes) is 15. The second-order valence-electron chi connectivity index (χ2n) is 8.87. The highest BCUT2D eigenvalue weighted by Gasteiger charge is 2.15. The Hall–Kier alpha value is -0.610. The fourth-order valence-corrected chi connectivity index (χ4v) is 3.97. The monoisotopic (exact) mass is 412 g/mol. The molecule has 0 aromatic rings. The van der Waals surface area contributed by atoms with Gasteiger partial charge in [-0.1, -0.05) is 103 Å². The van der Waals surface area contributed by atoms with Gasteiger partial charge < -0.3 is 15.7 Å². The summed E-state index contributed by atoms with van der Waals surface area (Å²) in [6.45, 7) is 5.40. The number of rotatable bonds is 23. The van der Waals surface area contributed by atoms with Gasteiger partial charge in [-0.15, -0.1) is 0 Å². The van der Waals surface area contributed by atoms with Crippen molar-refractivity contribution in [1.82, 2.24) is 10.6 Å². The standard InChI is InChI=1S/C25H52N2O2/c1-4-5-6-7-8-9-10-11-12-13-14-15-16-17-18-19-22-27-24(23(2)26-3)20-21-25(28)29/h23-24,26-27H,4-22H2,1-3H3,(H,28,29). The lowest BCUT2D eigenvalue weighted by molar-refractivity contribution is -0.137. The van der Waals surface area contributed by atoms with E-state index in [9.17, 15) is 4.79 Å². The highest BCUT2D eigenvalue weighted by atomic mass is 16.4. The van der Waals surface area contributed by atoms with Gasteiger partial charge in [-0.2, -0.15) is 0 Å². The van der Waals surface area contributed by atoms with Crippen molar-refractivity contribution >= 4 is 5.97 Å². The van der Waals surface area contributed by atoms with Crippen LogP contribution >= 0.6 is 0 Å². The third-order valence-corrected chi connectivity index (χ3v) is 6.16. The summed E-state index contributed by atoms with van der Waals surface area (Å²) in [5.74, 6) is -0.706. The van der Waals surface area contributed by atoms with Crippen LogP contribution in [-0.4, -0.2) is 36.8 Å². The Morgan fingerprint density at radius 1 is 0.759 bits per heavy atom. The molecule has 0 aromatic carbocycles. The van der Waals surface area contributed by atoms with Gasteiger partial charge in [0.15, 0.2) is 0 Å². The molecule has 0 fully saturated rings. The van der Waals surface area contributed by atoms with Gasteiger partial charge >= 0.3 is 5.97 Å². The van der Waals surface area contributed by atoms with Crippen LogP contribution in [0.25, 0.3) is 0 Å². The van der Waals surface area contributed by atoms with E-state index in [4.69, 9.17) is 5.11 Å². The molecule has 0 spiro atoms. The summed E-state index contributed by atoms with van der Waals surface area (Å²) in [4.78, 5) is 10.8. The zero-order valence-electron chi connectivity index (χ0n) is 19.9. The molecule has 0 bridgehead atoms. The predicted molar refractivity (Wildman–Crippen MR) is 127 cm³/mol. The van der Waals surface area contributed by atoms with E-state index in [2.05, 4.69) is 24.5 Å². The summed E-state index contributed by atoms with van der Waals surface area (Å²) < 4.78 is 0. The third-order valence-electron chi connectivity index (χ3n) is 6.16. The van der Waals surface area contributed by atoms with Crippen LogP contribution in [0.2, 0.25) is 0 Å². The minimum Gasteiger partial charge on any atom is -0.481 e. The molecule has 0 radical (unpaired) electrons. The minimum absolute atomic E-state index is 0.239. The van der Waals surface area contributed by atoms with Gasteiger partial charge in [-0.05, 0) is 33.4 Å². The van der Waals surface area contributed by atoms with E-state index >= 15 is 0 Å². The first kappa shape index (κ1) is 28.4. The highest BCUT2D eigenvalue weighted by molar-refractivity contribution is 5.66. The maximum Gasteiger partial charge on any atom is 0.303 e. The maximum absolute atomic E-state index is 10.8. The van der Waals surface area contributed by atoms with Crippen molar-refractivity contribution in [2.75, 3.05) is 13.6 Å². The molecule has 0 amide bonds. The number of nitrogens with one attached hydrogen (secondary N) is 2. The number of aliphatic carboxylic acids is 1. The molecule has 0 saturated heterocycles. The van der Waals surface area contributed by atoms with Gasteiger partial charge in [0.05, 0.1) is 0 Å². The summed E-state index contributed by atoms with van der Waals surface area (Å²) in [6.07, 6.45) is 23.2. The van der Waals surface area contributed by atoms with Gasteiger partial charge in [0.1, 0.15) is 0 Å². The largest absolute Gasteiger partial charge is 0.481 e. The van der Waals surface area contributed by atoms with Crippen molar-refractivity contribution in [1.29, 1.82) is 0 Å². The lowest BCUT2D eigenvalue weighted by Crippen LogP contribution is -2.45. The van der Waals surface area contributed by atoms with Crippen LogP contribution in [0.15, 0.2) is 0 Å². The average Bonchev–Trinajstić information content (AvgIpc) is 2.71. The van der Waals surface area contributed by atoms with Crippen molar-refractivity contribution in [3.05, 3.63) is 0 Å². The number of carboxylic acids is 1. The molecular formula is C25H52N2O2. The summed E-state index contributed by atoms with van der Waals surface area (Å²) in [5.41, 5.74) is 0. The summed E-state index contributed by atoms with van der Waals surface area (Å²) >= 11 is 0. The maximum atomic E-state index is 10.8. The van der Waals surface area contributed by atoms with Crippen LogP contribution < -0.4 is 10.6 Å². The van der Waals surface area contributed by atoms with Crippen molar-refractivity contribution < 1.29 is 9.90 Å². The van der Waals surface area contributed by atoms with Crippen LogP contribution in [0.1, 0.15) is 129 Å². The Labute approximate surface area is 182 Å². The molecule has 0 aliphatic rings. The van der Waals surface area contributed by atoms with Gasteiger partial charge in [-0.25, -0.2) is 0 Å². The second kappa shape index (κ2) is 22.1. The predicted octanol–water partition coefficient (Wildman–Crippen LogP) is 6.68. The zero-order valence-corrected chi connectivity index (χ0v) is 19.9. The molecule has 0 aliphatic carbocycles. The number of hydrogen-bond acceptors (Lipinski definition) is 3. The number of carboxylic acid groups (broad SMARTS) is 1. The van der Waals surface area contributed by atoms with Crippen LogP contribution in [0, 0.1) is 0 Å². The lowest BCUT2D eigenvalue weighted by Gasteiger charge is -2.24. The van der Waals surface area contributed by atoms with E-state index in [1.54, 1.807) is 0 Å². The molecule has 0 saturated carbocycles. The fourth-order valence-electron chi connectivity index (χ4n) is 3.97. The lowest BCUT2D eigenvalue weighted by atomic mass is 10.0. The summed E-state index contributed by atoms with van der Waals surface area (Å²) in [7, 11) is 1.94. The molecule has 174 valence electrons. The van der Waals surface area contributed by atoms with E-state index in [0.29, 0.717) is 12.5 Å². The van der Waals surface area contributed by atoms with Crippen LogP contribution in [0.4, 0.5) is 0 Å². The van der Waals surface area contributed by atoms with Crippen molar-refractivity contribution in [2.24, 2.45) is 0 Å². The first-order chi connectivity index (χ1) is 14.1. The third kappa shape index (κ3) is 20.4. The Kier molecular flexibility index (Phi) is 21.6. The minimum atomic E-state index is -0.706. The number of carbonyl (C=O) groups is 1. The molecule has 2 unspecified atom stereocenters. The van der Waals surface area contributed by atoms with E-state index in [-0.39, 0.29) is 12.5 Å². The van der Waals surface area contributed by atoms with Gasteiger partial charge in [0.2, 0.25) is 0 Å². The molecule has 4 nitrogen and oxygen atoms in total. The van der Waals surface area contributed by atoms with Crippen LogP contribution in [0.5, 0.6) is 0 Å². The van der Waals surface area contributed by atoms with Crippen molar-refractivity contribution in [3.8, 4) is 0 Å². The molecule has 4 heteroatoms. The Balaban J connectivity index is 3.36. The normalized spacial score (nSPS) is 13.5. The number of likely N-dealkylation sites (N-methyl/N-ethyl adjacent to an activating group) is 1. The Morgan fingerprint density at radius 3 is 1.55 bits per heavy atom. The Bertz CT molecular complexity index is 350. The molecular weight excluding hydrogens is 360 g/mol. The first-order valence-corrected chi connectivity index (χ1v) is 12.7. The van der Waals surface area contributed by atoms with E-state index in [1.807, 2.05) is 7.05 Å². The molecule has 0 rings (SSSR count). The molecule has 0 aromatic heterocycles. The quantitative estimate of drug-likeness (QED) is 0.164. The molecule has 29 heavy (non-hydrogen) atoms. The highest BCUT2D eigenvalue weighted by Crippen LogP contribution is 2.13. The zero-order chi connectivity index (χ0) is 21.6. The van der Waals surface area contributed by atoms with E-state index in [1.165, 1.54) is 103 Å². The van der Waals surface area contributed by atoms with Crippen LogP contribution in [-0.2, 0) is 4.79 Å². The molecule has 0 heterocycles. The van der Waals surface area contributed by atoms with E-state index < -0.39 is 5.97 Å². The molecule has 3 N–H and O–H groups in total. The summed E-state index contributed by atoms with van der Waals surface area (Å²) in [6, 6.07) is 0.544. The molecule has 2 atom stereocenters.